The molecule has 0 saturated carbocycles. The summed E-state index contributed by atoms with van der Waals surface area (Å²) < 4.78 is 33.6. The van der Waals surface area contributed by atoms with Gasteiger partial charge in [-0.2, -0.15) is 0 Å². The summed E-state index contributed by atoms with van der Waals surface area (Å²) in [4.78, 5) is 0. The average molecular weight is 1560 g/mol. The van der Waals surface area contributed by atoms with Crippen molar-refractivity contribution in [3.63, 3.8) is 0 Å². The van der Waals surface area contributed by atoms with Crippen LogP contribution in [0.2, 0.25) is 45.2 Å². The van der Waals surface area contributed by atoms with Crippen LogP contribution in [0.4, 0.5) is 0 Å². The molecular formula is C44H38Br3Cl9I2O11. The smallest absolute Gasteiger partial charge is 0.159 e. The highest BCUT2D eigenvalue weighted by Crippen LogP contribution is 2.45. The van der Waals surface area contributed by atoms with E-state index < -0.39 is 0 Å². The third-order valence-electron chi connectivity index (χ3n) is 8.07. The Morgan fingerprint density at radius 3 is 1.35 bits per heavy atom. The van der Waals surface area contributed by atoms with Crippen molar-refractivity contribution in [3.8, 4) is 63.2 Å². The van der Waals surface area contributed by atoms with E-state index in [4.69, 9.17) is 138 Å². The summed E-state index contributed by atoms with van der Waals surface area (Å²) in [6, 6.07) is 14.3. The zero-order valence-corrected chi connectivity index (χ0v) is 52.5. The van der Waals surface area contributed by atoms with Crippen molar-refractivity contribution in [3.05, 3.63) is 131 Å². The van der Waals surface area contributed by atoms with E-state index >= 15 is 0 Å². The van der Waals surface area contributed by atoms with Gasteiger partial charge in [0.2, 0.25) is 0 Å². The first kappa shape index (κ1) is 65.6. The molecule has 0 fully saturated rings. The van der Waals surface area contributed by atoms with Crippen LogP contribution in [0, 0.1) is 21.0 Å². The molecule has 0 bridgehead atoms. The number of phenols is 5. The Morgan fingerprint density at radius 2 is 0.841 bits per heavy atom. The Balaban J connectivity index is 0.000000414. The second-order valence-electron chi connectivity index (χ2n) is 12.5. The largest absolute Gasteiger partial charge is 0.507 e. The van der Waals surface area contributed by atoms with Gasteiger partial charge in [0.15, 0.2) is 11.5 Å². The van der Waals surface area contributed by atoms with E-state index in [-0.39, 0.29) is 64.6 Å². The minimum atomic E-state index is -0.223. The van der Waals surface area contributed by atoms with Crippen molar-refractivity contribution in [2.75, 3.05) is 42.7 Å². The Hall–Kier alpha value is -1.37. The van der Waals surface area contributed by atoms with Gasteiger partial charge in [0.1, 0.15) is 66.8 Å². The second kappa shape index (κ2) is 32.0. The van der Waals surface area contributed by atoms with Crippen molar-refractivity contribution in [1.82, 2.24) is 0 Å². The lowest BCUT2D eigenvalue weighted by Crippen LogP contribution is -1.89. The fraction of sp³-hybridized carbons (Fsp3) is 0.182. The summed E-state index contributed by atoms with van der Waals surface area (Å²) in [7, 11) is 9.07. The molecule has 25 heteroatoms. The van der Waals surface area contributed by atoms with Crippen molar-refractivity contribution in [2.24, 2.45) is 0 Å². The Morgan fingerprint density at radius 1 is 0.377 bits per heavy atom. The van der Waals surface area contributed by atoms with Gasteiger partial charge in [-0.25, -0.2) is 0 Å². The molecule has 6 rings (SSSR count). The number of halogens is 14. The molecule has 6 aromatic carbocycles. The van der Waals surface area contributed by atoms with Crippen molar-refractivity contribution >= 4 is 197 Å². The third kappa shape index (κ3) is 19.8. The molecule has 0 radical (unpaired) electrons. The van der Waals surface area contributed by atoms with E-state index in [0.717, 1.165) is 27.2 Å². The monoisotopic (exact) mass is 1550 g/mol. The lowest BCUT2D eigenvalue weighted by atomic mass is 10.1. The van der Waals surface area contributed by atoms with E-state index in [1.807, 2.05) is 26.0 Å². The van der Waals surface area contributed by atoms with Crippen molar-refractivity contribution in [1.29, 1.82) is 0 Å². The van der Waals surface area contributed by atoms with E-state index in [9.17, 15) is 20.4 Å². The summed E-state index contributed by atoms with van der Waals surface area (Å²) in [6.45, 7) is 3.80. The van der Waals surface area contributed by atoms with Gasteiger partial charge < -0.3 is 54.0 Å². The van der Waals surface area contributed by atoms with Crippen LogP contribution in [0.15, 0.2) is 68.0 Å². The first-order chi connectivity index (χ1) is 32.2. The van der Waals surface area contributed by atoms with Crippen LogP contribution >= 0.6 is 197 Å². The van der Waals surface area contributed by atoms with Crippen LogP contribution in [0.1, 0.15) is 11.1 Å². The van der Waals surface area contributed by atoms with Crippen molar-refractivity contribution < 1.29 is 54.0 Å². The van der Waals surface area contributed by atoms with Gasteiger partial charge in [-0.15, -0.1) is 0 Å². The number of phenolic OH excluding ortho intramolecular Hbond substituents is 5. The first-order valence-corrected chi connectivity index (χ1v) is 26.1. The molecule has 0 saturated heterocycles. The molecule has 0 aliphatic carbocycles. The van der Waals surface area contributed by atoms with Crippen LogP contribution in [-0.2, 0) is 0 Å². The van der Waals surface area contributed by atoms with Gasteiger partial charge in [0, 0.05) is 29.3 Å². The molecule has 5 N–H and O–H groups in total. The Labute approximate surface area is 496 Å². The lowest BCUT2D eigenvalue weighted by molar-refractivity contribution is 0.404. The number of benzene rings is 6. The zero-order valence-electron chi connectivity index (χ0n) is 36.7. The van der Waals surface area contributed by atoms with Gasteiger partial charge in [-0.3, -0.25) is 0 Å². The molecular weight excluding hydrogens is 1520 g/mol. The molecule has 69 heavy (non-hydrogen) atoms. The predicted octanol–water partition coefficient (Wildman–Crippen LogP) is 18.7. The highest BCUT2D eigenvalue weighted by molar-refractivity contribution is 14.1. The maximum absolute atomic E-state index is 9.26. The first-order valence-electron chi connectivity index (χ1n) is 18.1. The van der Waals surface area contributed by atoms with Crippen LogP contribution in [-0.4, -0.2) is 68.2 Å². The Bertz CT molecular complexity index is 2510. The van der Waals surface area contributed by atoms with Crippen LogP contribution in [0.3, 0.4) is 0 Å². The minimum Gasteiger partial charge on any atom is -0.507 e. The standard InChI is InChI=1S/C9H10Cl2O.C7H6Br2O2.C7H6BrClO2.2C7H5Cl3O2.C7H6I2O2/c1-5-4-7(12-3)9(11)6(2)8(5)10;1-11-7-3-6(10)4(8)2-5(7)9;1-11-7-3-6(10)5(9)2-4(7)8;1-12-7-4(9)2-3(8)6(11)5(7)10;1-12-4-2-3(11)5(8)7(10)6(4)9;1-11-7-3-6(10)4(8)2-5(7)9/h4H,1-3H3;2*2-3,10H,1H3;2*2,11H,1H3;2-3,10H,1H3. The zero-order chi connectivity index (χ0) is 53.2. The molecule has 0 heterocycles. The normalized spacial score (nSPS) is 9.88. The molecule has 0 aliphatic heterocycles. The number of rotatable bonds is 6. The molecule has 6 aromatic rings. The molecule has 0 aliphatic rings. The molecule has 0 atom stereocenters. The maximum Gasteiger partial charge on any atom is 0.159 e. The number of aryl methyl sites for hydroxylation is 1. The lowest BCUT2D eigenvalue weighted by Gasteiger charge is -2.09. The number of aromatic hydroxyl groups is 5. The number of methoxy groups -OCH3 is 6. The average Bonchev–Trinajstić information content (AvgIpc) is 3.31. The highest BCUT2D eigenvalue weighted by Gasteiger charge is 2.16. The summed E-state index contributed by atoms with van der Waals surface area (Å²) in [6.07, 6.45) is 0. The summed E-state index contributed by atoms with van der Waals surface area (Å²) in [5, 5.41) is 48.3. The number of ether oxygens (including phenoxy) is 6. The molecule has 11 nitrogen and oxygen atoms in total. The summed E-state index contributed by atoms with van der Waals surface area (Å²) in [5.41, 5.74) is 1.85. The second-order valence-corrected chi connectivity index (χ2v) is 20.9. The van der Waals surface area contributed by atoms with Gasteiger partial charge in [0.25, 0.3) is 0 Å². The Kier molecular flexibility index (Phi) is 30.5. The van der Waals surface area contributed by atoms with Gasteiger partial charge in [0.05, 0.1) is 88.3 Å². The van der Waals surface area contributed by atoms with Crippen molar-refractivity contribution in [2.45, 2.75) is 13.8 Å². The van der Waals surface area contributed by atoms with E-state index in [0.29, 0.717) is 48.3 Å². The summed E-state index contributed by atoms with van der Waals surface area (Å²) >= 11 is 65.4. The fourth-order valence-electron chi connectivity index (χ4n) is 4.54. The minimum absolute atomic E-state index is 0.0201. The van der Waals surface area contributed by atoms with E-state index in [2.05, 4.69) is 93.0 Å². The molecule has 378 valence electrons. The molecule has 0 unspecified atom stereocenters. The quantitative estimate of drug-likeness (QED) is 0.0799. The van der Waals surface area contributed by atoms with Gasteiger partial charge in [-0.1, -0.05) is 104 Å². The van der Waals surface area contributed by atoms with Gasteiger partial charge >= 0.3 is 0 Å². The maximum atomic E-state index is 9.26. The van der Waals surface area contributed by atoms with Crippen LogP contribution in [0.25, 0.3) is 0 Å². The van der Waals surface area contributed by atoms with Gasteiger partial charge in [-0.05, 0) is 148 Å². The number of hydrogen-bond donors (Lipinski definition) is 5. The predicted molar refractivity (Wildman–Crippen MR) is 309 cm³/mol. The summed E-state index contributed by atoms with van der Waals surface area (Å²) in [5.74, 6) is 3.17. The SMILES string of the molecule is COc1c(Cl)cc(Cl)c(O)c1Cl.COc1cc(C)c(Cl)c(C)c1Cl.COc1cc(O)c(Br)cc1Br.COc1cc(O)c(Cl)c(Cl)c1Cl.COc1cc(O)c(Cl)cc1Br.COc1cc(O)c(I)cc1I. The number of hydrogen-bond acceptors (Lipinski definition) is 11. The molecule has 0 amide bonds. The fourth-order valence-corrected chi connectivity index (χ4v) is 10.2. The van der Waals surface area contributed by atoms with E-state index in [1.54, 1.807) is 39.5 Å². The molecule has 0 aromatic heterocycles. The van der Waals surface area contributed by atoms with E-state index in [1.165, 1.54) is 45.6 Å². The molecule has 0 spiro atoms. The van der Waals surface area contributed by atoms with Crippen LogP contribution in [0.5, 0.6) is 63.2 Å². The van der Waals surface area contributed by atoms with Crippen LogP contribution < -0.4 is 28.4 Å². The third-order valence-corrected chi connectivity index (χ3v) is 15.3. The highest BCUT2D eigenvalue weighted by atomic mass is 127. The topological polar surface area (TPSA) is 157 Å².